The second kappa shape index (κ2) is 9.11. The number of benzene rings is 2. The standard InChI is InChI=1S/C11H12N2.C7H8BCl/c1-2-4-11(5-3-1)6-8-13-9-7-12-10-13;8-5-6-3-1-2-4-7(6)9/h1-5,7,9-10H,6,8H2;1-4H,5,8H2. The molecular formula is C18H20BClN2. The van der Waals surface area contributed by atoms with Crippen molar-refractivity contribution in [1.29, 1.82) is 0 Å². The third-order valence-electron chi connectivity index (χ3n) is 3.40. The molecule has 1 heterocycles. The van der Waals surface area contributed by atoms with Crippen LogP contribution in [0.5, 0.6) is 0 Å². The number of aryl methyl sites for hydroxylation is 2. The predicted molar refractivity (Wildman–Crippen MR) is 96.1 cm³/mol. The van der Waals surface area contributed by atoms with E-state index in [1.807, 2.05) is 49.1 Å². The van der Waals surface area contributed by atoms with Crippen LogP contribution in [0.3, 0.4) is 0 Å². The fourth-order valence-corrected chi connectivity index (χ4v) is 2.38. The van der Waals surface area contributed by atoms with Crippen LogP contribution in [0.2, 0.25) is 5.02 Å². The zero-order valence-corrected chi connectivity index (χ0v) is 13.6. The SMILES string of the molecule is BCc1ccccc1Cl.c1ccc(CCn2ccnc2)cc1. The van der Waals surface area contributed by atoms with Gasteiger partial charge in [-0.1, -0.05) is 66.5 Å². The molecule has 3 rings (SSSR count). The Morgan fingerprint density at radius 3 is 2.32 bits per heavy atom. The van der Waals surface area contributed by atoms with Crippen LogP contribution < -0.4 is 0 Å². The molecule has 0 amide bonds. The summed E-state index contributed by atoms with van der Waals surface area (Å²) in [6.07, 6.45) is 7.73. The Morgan fingerprint density at radius 1 is 1.00 bits per heavy atom. The Labute approximate surface area is 138 Å². The molecule has 0 radical (unpaired) electrons. The van der Waals surface area contributed by atoms with Gasteiger partial charge in [0.15, 0.2) is 0 Å². The minimum atomic E-state index is 0.875. The summed E-state index contributed by atoms with van der Waals surface area (Å²) >= 11 is 5.82. The Hall–Kier alpha value is -2.00. The Kier molecular flexibility index (Phi) is 6.78. The molecule has 1 aromatic heterocycles. The molecule has 0 aliphatic heterocycles. The summed E-state index contributed by atoms with van der Waals surface area (Å²) in [6, 6.07) is 18.4. The first-order valence-electron chi connectivity index (χ1n) is 7.52. The van der Waals surface area contributed by atoms with E-state index in [1.54, 1.807) is 0 Å². The lowest BCUT2D eigenvalue weighted by atomic mass is 9.97. The van der Waals surface area contributed by atoms with Gasteiger partial charge in [0, 0.05) is 24.0 Å². The third-order valence-corrected chi connectivity index (χ3v) is 3.77. The van der Waals surface area contributed by atoms with Gasteiger partial charge in [-0.05, 0) is 23.6 Å². The van der Waals surface area contributed by atoms with Gasteiger partial charge in [0.25, 0.3) is 0 Å². The number of halogens is 1. The van der Waals surface area contributed by atoms with Crippen molar-refractivity contribution in [2.75, 3.05) is 0 Å². The van der Waals surface area contributed by atoms with Crippen LogP contribution in [0.25, 0.3) is 0 Å². The molecule has 0 bridgehead atoms. The predicted octanol–water partition coefficient (Wildman–Crippen LogP) is 3.60. The van der Waals surface area contributed by atoms with Crippen LogP contribution >= 0.6 is 11.6 Å². The van der Waals surface area contributed by atoms with Crippen molar-refractivity contribution in [2.24, 2.45) is 0 Å². The van der Waals surface area contributed by atoms with E-state index >= 15 is 0 Å². The molecule has 0 saturated heterocycles. The quantitative estimate of drug-likeness (QED) is 0.673. The summed E-state index contributed by atoms with van der Waals surface area (Å²) in [5, 5.41) is 0.875. The molecule has 0 aliphatic carbocycles. The molecule has 0 atom stereocenters. The fraction of sp³-hybridized carbons (Fsp3) is 0.167. The van der Waals surface area contributed by atoms with Crippen LogP contribution in [-0.4, -0.2) is 17.4 Å². The van der Waals surface area contributed by atoms with Crippen molar-refractivity contribution in [2.45, 2.75) is 19.3 Å². The van der Waals surface area contributed by atoms with Gasteiger partial charge >= 0.3 is 0 Å². The van der Waals surface area contributed by atoms with Crippen LogP contribution in [-0.2, 0) is 19.3 Å². The molecule has 3 aromatic rings. The number of imidazole rings is 1. The highest BCUT2D eigenvalue weighted by atomic mass is 35.5. The van der Waals surface area contributed by atoms with E-state index in [-0.39, 0.29) is 0 Å². The summed E-state index contributed by atoms with van der Waals surface area (Å²) in [7, 11) is 2.10. The van der Waals surface area contributed by atoms with E-state index < -0.39 is 0 Å². The number of hydrogen-bond acceptors (Lipinski definition) is 1. The fourth-order valence-electron chi connectivity index (χ4n) is 2.11. The van der Waals surface area contributed by atoms with Gasteiger partial charge < -0.3 is 4.57 Å². The monoisotopic (exact) mass is 310 g/mol. The maximum absolute atomic E-state index is 5.82. The first-order valence-corrected chi connectivity index (χ1v) is 7.90. The lowest BCUT2D eigenvalue weighted by Gasteiger charge is -2.01. The van der Waals surface area contributed by atoms with E-state index in [2.05, 4.69) is 41.7 Å². The smallest absolute Gasteiger partial charge is 0.107 e. The Morgan fingerprint density at radius 2 is 1.73 bits per heavy atom. The largest absolute Gasteiger partial charge is 0.337 e. The molecule has 22 heavy (non-hydrogen) atoms. The maximum Gasteiger partial charge on any atom is 0.107 e. The molecule has 0 aliphatic rings. The van der Waals surface area contributed by atoms with Crippen molar-refractivity contribution in [3.63, 3.8) is 0 Å². The van der Waals surface area contributed by atoms with Crippen molar-refractivity contribution in [3.8, 4) is 0 Å². The zero-order valence-electron chi connectivity index (χ0n) is 12.8. The second-order valence-electron chi connectivity index (χ2n) is 4.98. The van der Waals surface area contributed by atoms with Crippen LogP contribution in [0.1, 0.15) is 11.1 Å². The Balaban J connectivity index is 0.000000172. The molecular weight excluding hydrogens is 290 g/mol. The van der Waals surface area contributed by atoms with Crippen molar-refractivity contribution in [3.05, 3.63) is 89.5 Å². The van der Waals surface area contributed by atoms with Crippen LogP contribution in [0.15, 0.2) is 73.3 Å². The second-order valence-corrected chi connectivity index (χ2v) is 5.39. The highest BCUT2D eigenvalue weighted by Crippen LogP contribution is 2.13. The number of nitrogens with zero attached hydrogens (tertiary/aromatic N) is 2. The normalized spacial score (nSPS) is 9.86. The highest BCUT2D eigenvalue weighted by Gasteiger charge is 1.92. The van der Waals surface area contributed by atoms with E-state index in [4.69, 9.17) is 11.6 Å². The average molecular weight is 311 g/mol. The first kappa shape index (κ1) is 16.4. The third kappa shape index (κ3) is 5.42. The van der Waals surface area contributed by atoms with E-state index in [0.717, 1.165) is 24.3 Å². The van der Waals surface area contributed by atoms with E-state index in [1.165, 1.54) is 11.1 Å². The highest BCUT2D eigenvalue weighted by molar-refractivity contribution is 6.31. The van der Waals surface area contributed by atoms with Crippen molar-refractivity contribution in [1.82, 2.24) is 9.55 Å². The molecule has 4 heteroatoms. The first-order chi connectivity index (χ1) is 10.8. The molecule has 0 fully saturated rings. The molecule has 112 valence electrons. The van der Waals surface area contributed by atoms with Gasteiger partial charge in [-0.25, -0.2) is 4.98 Å². The minimum absolute atomic E-state index is 0.875. The van der Waals surface area contributed by atoms with Crippen molar-refractivity contribution >= 4 is 19.4 Å². The summed E-state index contributed by atoms with van der Waals surface area (Å²) < 4.78 is 2.09. The number of hydrogen-bond donors (Lipinski definition) is 0. The number of aromatic nitrogens is 2. The molecule has 0 spiro atoms. The van der Waals surface area contributed by atoms with Gasteiger partial charge in [0.1, 0.15) is 7.85 Å². The van der Waals surface area contributed by atoms with Gasteiger partial charge in [-0.2, -0.15) is 0 Å². The average Bonchev–Trinajstić information content (AvgIpc) is 3.08. The van der Waals surface area contributed by atoms with E-state index in [0.29, 0.717) is 0 Å². The maximum atomic E-state index is 5.82. The molecule has 0 unspecified atom stereocenters. The lowest BCUT2D eigenvalue weighted by molar-refractivity contribution is 0.696. The Bertz CT molecular complexity index is 654. The summed E-state index contributed by atoms with van der Waals surface area (Å²) in [4.78, 5) is 4.00. The lowest BCUT2D eigenvalue weighted by Crippen LogP contribution is -1.97. The molecule has 2 aromatic carbocycles. The number of rotatable bonds is 4. The van der Waals surface area contributed by atoms with Gasteiger partial charge in [0.05, 0.1) is 6.33 Å². The molecule has 0 N–H and O–H groups in total. The van der Waals surface area contributed by atoms with Crippen molar-refractivity contribution < 1.29 is 0 Å². The van der Waals surface area contributed by atoms with Crippen LogP contribution in [0.4, 0.5) is 0 Å². The van der Waals surface area contributed by atoms with Gasteiger partial charge in [0.2, 0.25) is 0 Å². The summed E-state index contributed by atoms with van der Waals surface area (Å²) in [5.74, 6) is 0. The summed E-state index contributed by atoms with van der Waals surface area (Å²) in [5.41, 5.74) is 2.59. The minimum Gasteiger partial charge on any atom is -0.337 e. The van der Waals surface area contributed by atoms with E-state index in [9.17, 15) is 0 Å². The van der Waals surface area contributed by atoms with Gasteiger partial charge in [-0.3, -0.25) is 0 Å². The topological polar surface area (TPSA) is 17.8 Å². The summed E-state index contributed by atoms with van der Waals surface area (Å²) in [6.45, 7) is 1.00. The zero-order chi connectivity index (χ0) is 15.6. The molecule has 2 nitrogen and oxygen atoms in total. The molecule has 0 saturated carbocycles. The van der Waals surface area contributed by atoms with Crippen LogP contribution in [0, 0.1) is 0 Å². The van der Waals surface area contributed by atoms with Gasteiger partial charge in [-0.15, -0.1) is 0 Å².